The van der Waals surface area contributed by atoms with Gasteiger partial charge in [0.1, 0.15) is 88.0 Å². The number of carboxylic acids is 3. The molecule has 10 aromatic carbocycles. The number of phenolic OH excluding ortho intramolecular Hbond substituents is 5. The first-order chi connectivity index (χ1) is 70.3. The number of benzene rings is 10. The topological polar surface area (TPSA) is 617 Å². The van der Waals surface area contributed by atoms with Gasteiger partial charge in [0, 0.05) is 76.7 Å². The smallest absolute Gasteiger partial charge is 0.328 e. The van der Waals surface area contributed by atoms with Crippen LogP contribution in [0.1, 0.15) is 115 Å². The van der Waals surface area contributed by atoms with Gasteiger partial charge in [-0.15, -0.1) is 12.4 Å². The molecule has 792 valence electrons. The number of methoxy groups -OCH3 is 9. The van der Waals surface area contributed by atoms with Gasteiger partial charge in [-0.3, -0.25) is 69.2 Å². The lowest BCUT2D eigenvalue weighted by Gasteiger charge is -2.35. The molecule has 0 bridgehead atoms. The number of hydrogen-bond donors (Lipinski definition) is 12. The van der Waals surface area contributed by atoms with E-state index in [-0.39, 0.29) is 143 Å². The number of carbonyl (C=O) groups excluding carboxylic acids is 7. The van der Waals surface area contributed by atoms with Crippen molar-refractivity contribution in [2.45, 2.75) is 140 Å². The number of nitro benzene ring substituents is 3. The third-order valence-corrected chi connectivity index (χ3v) is 28.2. The number of aliphatic carboxylic acids is 3. The minimum atomic E-state index is -1.02. The maximum Gasteiger partial charge on any atom is 0.328 e. The number of carbonyl (C=O) groups is 10. The Balaban J connectivity index is 0.000000197. The average molecular weight is 2530 g/mol. The van der Waals surface area contributed by atoms with Crippen molar-refractivity contribution in [1.29, 1.82) is 0 Å². The second kappa shape index (κ2) is 53.9. The Morgan fingerprint density at radius 3 is 1.09 bits per heavy atom. The summed E-state index contributed by atoms with van der Waals surface area (Å²) in [6, 6.07) is 34.3. The quantitative estimate of drug-likeness (QED) is 0.00794. The van der Waals surface area contributed by atoms with Gasteiger partial charge in [-0.2, -0.15) is 0 Å². The molecule has 13 N–H and O–H groups in total. The Morgan fingerprint density at radius 2 is 0.725 bits per heavy atom. The lowest BCUT2D eigenvalue weighted by atomic mass is 9.92. The van der Waals surface area contributed by atoms with Crippen LogP contribution in [0.4, 0.5) is 17.1 Å². The number of nitrogens with two attached hydrogens (primary N) is 1. The fourth-order valence-corrected chi connectivity index (χ4v) is 20.7. The van der Waals surface area contributed by atoms with Crippen molar-refractivity contribution < 1.29 is 146 Å². The highest BCUT2D eigenvalue weighted by molar-refractivity contribution is 14.1. The molecule has 6 aliphatic heterocycles. The van der Waals surface area contributed by atoms with Crippen LogP contribution in [0.25, 0.3) is 0 Å². The number of amides is 3. The molecular weight excluding hydrogens is 2420 g/mol. The predicted octanol–water partition coefficient (Wildman–Crippen LogP) is 12.2. The lowest BCUT2D eigenvalue weighted by molar-refractivity contribution is -0.385. The second-order valence-corrected chi connectivity index (χ2v) is 38.4. The molecule has 48 heteroatoms. The van der Waals surface area contributed by atoms with Crippen LogP contribution in [0, 0.1) is 58.5 Å². The molecule has 6 aliphatic rings. The number of hydrogen-bond acceptors (Lipinski definition) is 34. The van der Waals surface area contributed by atoms with Crippen LogP contribution >= 0.6 is 103 Å². The summed E-state index contributed by atoms with van der Waals surface area (Å²) in [6.07, 6.45) is 3.30. The van der Waals surface area contributed by atoms with E-state index in [0.717, 1.165) is 103 Å². The maximum atomic E-state index is 13.4. The van der Waals surface area contributed by atoms with Crippen LogP contribution in [0.2, 0.25) is 0 Å². The highest BCUT2D eigenvalue weighted by Crippen LogP contribution is 2.43. The van der Waals surface area contributed by atoms with Crippen molar-refractivity contribution in [3.8, 4) is 63.2 Å². The van der Waals surface area contributed by atoms with Crippen LogP contribution in [0.15, 0.2) is 146 Å². The van der Waals surface area contributed by atoms with Gasteiger partial charge in [-0.05, 0) is 257 Å². The minimum Gasteiger partial charge on any atom is -0.508 e. The highest BCUT2D eigenvalue weighted by atomic mass is 127. The van der Waals surface area contributed by atoms with Gasteiger partial charge in [0.15, 0.2) is 34.5 Å². The van der Waals surface area contributed by atoms with Crippen LogP contribution in [0.3, 0.4) is 0 Å². The molecule has 43 nitrogen and oxygen atoms in total. The zero-order chi connectivity index (χ0) is 109. The van der Waals surface area contributed by atoms with Gasteiger partial charge < -0.3 is 119 Å². The Hall–Kier alpha value is -13.9. The Bertz CT molecular complexity index is 6590. The molecule has 7 atom stereocenters. The number of aryl methyl sites for hydroxylation is 2. The van der Waals surface area contributed by atoms with E-state index in [1.54, 1.807) is 48.5 Å². The first kappa shape index (κ1) is 119. The van der Waals surface area contributed by atoms with Gasteiger partial charge in [-0.1, -0.05) is 65.7 Å². The number of phenols is 5. The molecule has 0 aliphatic carbocycles. The van der Waals surface area contributed by atoms with Crippen LogP contribution in [-0.4, -0.2) is 236 Å². The molecule has 0 unspecified atom stereocenters. The summed E-state index contributed by atoms with van der Waals surface area (Å²) in [5.74, 6) is -4.27. The molecule has 0 fully saturated rings. The van der Waals surface area contributed by atoms with Crippen LogP contribution in [0.5, 0.6) is 63.2 Å². The van der Waals surface area contributed by atoms with Gasteiger partial charge in [-0.25, -0.2) is 9.59 Å². The number of esters is 3. The monoisotopic (exact) mass is 2530 g/mol. The Morgan fingerprint density at radius 1 is 0.403 bits per heavy atom. The van der Waals surface area contributed by atoms with Crippen molar-refractivity contribution in [1.82, 2.24) is 30.7 Å². The number of rotatable bonds is 21. The first-order valence-corrected chi connectivity index (χ1v) is 49.0. The summed E-state index contributed by atoms with van der Waals surface area (Å²) in [6.45, 7) is 5.74. The number of aldehydes is 1. The number of nitrogens with zero attached hydrogens (tertiary/aromatic N) is 6. The van der Waals surface area contributed by atoms with Crippen molar-refractivity contribution >= 4 is 180 Å². The van der Waals surface area contributed by atoms with E-state index in [4.69, 9.17) is 58.9 Å². The minimum absolute atomic E-state index is 0. The van der Waals surface area contributed by atoms with Crippen molar-refractivity contribution in [3.63, 3.8) is 0 Å². The normalized spacial score (nSPS) is 16.2. The van der Waals surface area contributed by atoms with Crippen LogP contribution < -0.4 is 50.1 Å². The van der Waals surface area contributed by atoms with Gasteiger partial charge >= 0.3 is 35.8 Å². The van der Waals surface area contributed by atoms with Crippen LogP contribution in [-0.2, 0) is 132 Å². The summed E-state index contributed by atoms with van der Waals surface area (Å²) >= 11 is 8.15. The zero-order valence-corrected chi connectivity index (χ0v) is 91.1. The number of halogens is 5. The molecule has 0 radical (unpaired) electrons. The van der Waals surface area contributed by atoms with Crippen molar-refractivity contribution in [3.05, 3.63) is 290 Å². The van der Waals surface area contributed by atoms with E-state index < -0.39 is 116 Å². The summed E-state index contributed by atoms with van der Waals surface area (Å²) in [5.41, 5.74) is 17.6. The fourth-order valence-electron chi connectivity index (χ4n) is 16.8. The summed E-state index contributed by atoms with van der Waals surface area (Å²) < 4.78 is 48.3. The van der Waals surface area contributed by atoms with E-state index in [0.29, 0.717) is 64.3 Å². The third kappa shape index (κ3) is 29.4. The largest absolute Gasteiger partial charge is 0.508 e. The van der Waals surface area contributed by atoms with E-state index in [2.05, 4.69) is 65.9 Å². The zero-order valence-electron chi connectivity index (χ0n) is 81.6. The van der Waals surface area contributed by atoms with E-state index in [9.17, 15) is 104 Å². The highest BCUT2D eigenvalue weighted by Gasteiger charge is 2.43. The molecule has 0 aromatic heterocycles. The number of carboxylic acid groups (broad SMARTS) is 3. The number of fused-ring (bicyclic) bond motifs is 6. The summed E-state index contributed by atoms with van der Waals surface area (Å²) in [4.78, 5) is 157. The second-order valence-electron chi connectivity index (χ2n) is 33.9. The fraction of sp³-hybridized carbons (Fsp3) is 0.307. The summed E-state index contributed by atoms with van der Waals surface area (Å²) in [7, 11) is 12.0. The summed E-state index contributed by atoms with van der Waals surface area (Å²) in [5, 5.41) is 118. The van der Waals surface area contributed by atoms with E-state index >= 15 is 0 Å². The number of aromatic hydroxyl groups is 5. The SMILES string of the molecule is COC(=O)[C@@H]1Cc2ccc(C)cc2CN1C(=O)c1cc(OC)c(OC)cc1[N+](=O)[O-].COC(=O)[C@@H]1Cc2ccc(O)cc2CN1.COC(=O)[C@@H]1Cc2ccc(O)cc2CN1C(=O)c1cc(OC)c(OC)cc1[N+](=O)[O-].COc1cc(C(=O)N2Cc3cc(C)ccc3C[C@H]2C=O)c([N+](=O)[O-])cc1OC.Cl.N[C@@H](Cc1cc(I)c(O)c(I)c1)C(=O)O.O=C(O)[C@@H]1Cc2cc(I)c(O)c(I)c2CN1.O=C(O)[C@@H]1Cc2ccc(O)cc2CN1. The molecule has 0 saturated carbocycles. The van der Waals surface area contributed by atoms with Gasteiger partial charge in [0.25, 0.3) is 34.8 Å². The van der Waals surface area contributed by atoms with E-state index in [1.165, 1.54) is 109 Å². The molecule has 10 aromatic rings. The number of nitro groups is 3. The number of nitrogens with one attached hydrogen (secondary N) is 3. The molecule has 0 saturated heterocycles. The predicted molar refractivity (Wildman–Crippen MR) is 571 cm³/mol. The Labute approximate surface area is 912 Å². The Kier molecular flexibility index (Phi) is 42.9. The standard InChI is InChI=1S/C21H22N2O7.C20H20N2O8.C20H20N2O6.C11H13NO3.C10H9I2NO3.C10H11NO3.C9H9I2NO3.ClH/c1-12-5-6-13-8-17(21(25)30-4)22(11-14(13)7-12)20(24)15-9-18(28-2)19(29-3)10-16(15)23(26)27;1-28-17-8-14(15(22(26)27)9-18(17)29-2)19(24)21-10-12-6-13(23)5-4-11(12)7-16(21)20(25)30-3;1-12-4-5-13-7-15(11-23)21(10-14(13)6-12)20(24)16-8-18(27-2)19(28-3)9-17(16)22(25)26;1-15-11(14)10-5-7-2-3-9(13)4-8(7)6-12-10;11-6-1-4-2-7(10(15)16)13-3-5(4)8(12)9(6)14;12-8-2-1-6-4-9(10(13)14)11-5-7(6)3-8;10-5-1-4(2-6(11)8(5)13)3-7(12)9(14)15;/h5-7,9-10,17H,8,11H2,1-4H3;4-6,8-9,16,23H,7,10H2,1-3H3;4-6,8-9,11,15H,7,10H2,1-3H3;2-4,10,12-13H,5-6H2,1H3;1,7,13-14H,2-3H2,(H,15,16);1-3,9,11-12H,4-5H2,(H,13,14);1-2,7,13H,3,12H2,(H,14,15);1H/t17-;16-;15-;10-;7-;9-;7-;/m0000000./s1. The average Bonchev–Trinajstić information content (AvgIpc) is 0.767. The van der Waals surface area contributed by atoms with Gasteiger partial charge in [0.2, 0.25) is 0 Å². The molecule has 16 rings (SSSR count). The molecule has 3 amide bonds. The molecular formula is C101H105ClI4N10O33. The van der Waals surface area contributed by atoms with Gasteiger partial charge in [0.05, 0.1) is 117 Å². The first-order valence-electron chi connectivity index (χ1n) is 44.7. The lowest BCUT2D eigenvalue weighted by Crippen LogP contribution is -2.49. The molecule has 6 heterocycles. The van der Waals surface area contributed by atoms with E-state index in [1.807, 2.05) is 108 Å². The van der Waals surface area contributed by atoms with Crippen molar-refractivity contribution in [2.75, 3.05) is 64.0 Å². The molecule has 0 spiro atoms. The van der Waals surface area contributed by atoms with Crippen molar-refractivity contribution in [2.24, 2.45) is 5.73 Å². The molecule has 149 heavy (non-hydrogen) atoms. The maximum absolute atomic E-state index is 13.4. The number of ether oxygens (including phenoxy) is 9. The third-order valence-electron chi connectivity index (χ3n) is 24.6.